The van der Waals surface area contributed by atoms with Gasteiger partial charge >= 0.3 is 6.03 Å². The topological polar surface area (TPSA) is 49.6 Å². The van der Waals surface area contributed by atoms with Gasteiger partial charge in [0.2, 0.25) is 0 Å². The van der Waals surface area contributed by atoms with Gasteiger partial charge in [0.05, 0.1) is 5.54 Å². The quantitative estimate of drug-likeness (QED) is 0.767. The summed E-state index contributed by atoms with van der Waals surface area (Å²) in [5, 5.41) is 0. The van der Waals surface area contributed by atoms with E-state index in [1.165, 1.54) is 0 Å². The average molecular weight is 213 g/mol. The highest BCUT2D eigenvalue weighted by atomic mass is 16.2. The minimum Gasteiger partial charge on any atom is -0.328 e. The van der Waals surface area contributed by atoms with E-state index in [9.17, 15) is 4.79 Å². The van der Waals surface area contributed by atoms with E-state index in [2.05, 4.69) is 0 Å². The van der Waals surface area contributed by atoms with Gasteiger partial charge in [-0.2, -0.15) is 0 Å². The molecule has 0 aliphatic carbocycles. The van der Waals surface area contributed by atoms with Gasteiger partial charge in [0.1, 0.15) is 0 Å². The van der Waals surface area contributed by atoms with Crippen LogP contribution in [0.25, 0.3) is 0 Å². The van der Waals surface area contributed by atoms with Crippen molar-refractivity contribution in [3.63, 3.8) is 0 Å². The number of likely N-dealkylation sites (N-methyl/N-ethyl adjacent to an activating group) is 1. The van der Waals surface area contributed by atoms with Crippen LogP contribution < -0.4 is 5.73 Å². The van der Waals surface area contributed by atoms with Crippen LogP contribution in [0.2, 0.25) is 0 Å². The monoisotopic (exact) mass is 213 g/mol. The van der Waals surface area contributed by atoms with Crippen LogP contribution in [0, 0.1) is 0 Å². The number of hydrogen-bond donors (Lipinski definition) is 1. The zero-order valence-electron chi connectivity index (χ0n) is 10.1. The van der Waals surface area contributed by atoms with Crippen LogP contribution in [-0.2, 0) is 0 Å². The Morgan fingerprint density at radius 3 is 2.33 bits per heavy atom. The third-order valence-electron chi connectivity index (χ3n) is 3.15. The largest absolute Gasteiger partial charge is 0.328 e. The molecular formula is C11H23N3O. The van der Waals surface area contributed by atoms with Crippen molar-refractivity contribution in [2.75, 3.05) is 26.2 Å². The maximum Gasteiger partial charge on any atom is 0.320 e. The van der Waals surface area contributed by atoms with E-state index in [4.69, 9.17) is 5.73 Å². The molecule has 1 saturated heterocycles. The molecule has 0 aromatic carbocycles. The molecule has 4 nitrogen and oxygen atoms in total. The van der Waals surface area contributed by atoms with E-state index in [0.717, 1.165) is 32.5 Å². The van der Waals surface area contributed by atoms with Crippen LogP contribution in [0.5, 0.6) is 0 Å². The van der Waals surface area contributed by atoms with E-state index in [-0.39, 0.29) is 11.6 Å². The van der Waals surface area contributed by atoms with Crippen molar-refractivity contribution in [1.29, 1.82) is 0 Å². The lowest BCUT2D eigenvalue weighted by atomic mass is 10.0. The van der Waals surface area contributed by atoms with Crippen LogP contribution >= 0.6 is 0 Å². The number of likely N-dealkylation sites (tertiary alicyclic amines) is 1. The molecular weight excluding hydrogens is 190 g/mol. The van der Waals surface area contributed by atoms with Gasteiger partial charge < -0.3 is 15.5 Å². The maximum absolute atomic E-state index is 12.2. The van der Waals surface area contributed by atoms with Gasteiger partial charge in [0.15, 0.2) is 0 Å². The van der Waals surface area contributed by atoms with Gasteiger partial charge in [-0.15, -0.1) is 0 Å². The zero-order valence-corrected chi connectivity index (χ0v) is 10.1. The maximum atomic E-state index is 12.2. The van der Waals surface area contributed by atoms with Crippen molar-refractivity contribution in [1.82, 2.24) is 9.80 Å². The molecule has 0 aromatic rings. The molecule has 15 heavy (non-hydrogen) atoms. The number of urea groups is 1. The fraction of sp³-hybridized carbons (Fsp3) is 0.909. The Kier molecular flexibility index (Phi) is 3.97. The van der Waals surface area contributed by atoms with Crippen LogP contribution in [0.3, 0.4) is 0 Å². The Bertz CT molecular complexity index is 222. The summed E-state index contributed by atoms with van der Waals surface area (Å²) in [6.45, 7) is 9.06. The van der Waals surface area contributed by atoms with Gasteiger partial charge in [0.25, 0.3) is 0 Å². The minimum atomic E-state index is -0.242. The summed E-state index contributed by atoms with van der Waals surface area (Å²) in [6.07, 6.45) is 2.26. The molecule has 1 rings (SSSR count). The first-order valence-corrected chi connectivity index (χ1v) is 5.79. The molecule has 0 unspecified atom stereocenters. The molecule has 1 fully saturated rings. The number of carbonyl (C=O) groups excluding carboxylic acids is 1. The summed E-state index contributed by atoms with van der Waals surface area (Å²) in [5.41, 5.74) is 5.47. The Morgan fingerprint density at radius 2 is 1.93 bits per heavy atom. The molecule has 4 heteroatoms. The van der Waals surface area contributed by atoms with E-state index in [1.54, 1.807) is 0 Å². The highest BCUT2D eigenvalue weighted by Gasteiger charge is 2.32. The summed E-state index contributed by atoms with van der Waals surface area (Å²) in [4.78, 5) is 16.0. The second-order valence-electron chi connectivity index (χ2n) is 4.74. The van der Waals surface area contributed by atoms with Gasteiger partial charge in [-0.1, -0.05) is 0 Å². The third-order valence-corrected chi connectivity index (χ3v) is 3.15. The minimum absolute atomic E-state index is 0.144. The smallest absolute Gasteiger partial charge is 0.320 e. The number of nitrogens with two attached hydrogens (primary N) is 1. The van der Waals surface area contributed by atoms with Crippen molar-refractivity contribution >= 4 is 6.03 Å². The van der Waals surface area contributed by atoms with Crippen LogP contribution in [0.1, 0.15) is 33.6 Å². The Balaban J connectivity index is 2.69. The highest BCUT2D eigenvalue weighted by molar-refractivity contribution is 5.75. The molecule has 2 amide bonds. The van der Waals surface area contributed by atoms with Crippen molar-refractivity contribution < 1.29 is 4.79 Å². The summed E-state index contributed by atoms with van der Waals surface area (Å²) in [6, 6.07) is 0.144. The van der Waals surface area contributed by atoms with Crippen molar-refractivity contribution in [2.24, 2.45) is 5.73 Å². The Hall–Kier alpha value is -0.770. The number of nitrogens with zero attached hydrogens (tertiary/aromatic N) is 2. The Labute approximate surface area is 92.4 Å². The van der Waals surface area contributed by atoms with E-state index in [1.807, 2.05) is 30.6 Å². The van der Waals surface area contributed by atoms with Crippen LogP contribution in [-0.4, -0.2) is 47.5 Å². The fourth-order valence-electron chi connectivity index (χ4n) is 2.01. The van der Waals surface area contributed by atoms with E-state index >= 15 is 0 Å². The highest BCUT2D eigenvalue weighted by Crippen LogP contribution is 2.18. The SMILES string of the molecule is CCN(C(=O)N1CCCC1)C(C)(C)CN. The third kappa shape index (κ3) is 2.62. The lowest BCUT2D eigenvalue weighted by Gasteiger charge is -2.39. The summed E-state index contributed by atoms with van der Waals surface area (Å²) in [5.74, 6) is 0. The zero-order chi connectivity index (χ0) is 11.5. The van der Waals surface area contributed by atoms with Gasteiger partial charge in [-0.25, -0.2) is 4.79 Å². The molecule has 0 bridgehead atoms. The molecule has 0 atom stereocenters. The Morgan fingerprint density at radius 1 is 1.40 bits per heavy atom. The molecule has 1 aliphatic heterocycles. The first-order valence-electron chi connectivity index (χ1n) is 5.79. The second kappa shape index (κ2) is 4.84. The summed E-state index contributed by atoms with van der Waals surface area (Å²) < 4.78 is 0. The second-order valence-corrected chi connectivity index (χ2v) is 4.74. The van der Waals surface area contributed by atoms with Crippen molar-refractivity contribution in [3.05, 3.63) is 0 Å². The van der Waals surface area contributed by atoms with Crippen LogP contribution in [0.15, 0.2) is 0 Å². The van der Waals surface area contributed by atoms with Crippen molar-refractivity contribution in [2.45, 2.75) is 39.2 Å². The number of carbonyl (C=O) groups is 1. The van der Waals surface area contributed by atoms with Crippen molar-refractivity contribution in [3.8, 4) is 0 Å². The molecule has 0 saturated carbocycles. The molecule has 0 spiro atoms. The standard InChI is InChI=1S/C11H23N3O/c1-4-14(11(2,3)9-12)10(15)13-7-5-6-8-13/h4-9,12H2,1-3H3. The number of hydrogen-bond acceptors (Lipinski definition) is 2. The first kappa shape index (κ1) is 12.3. The summed E-state index contributed by atoms with van der Waals surface area (Å²) >= 11 is 0. The van der Waals surface area contributed by atoms with Gasteiger partial charge in [-0.3, -0.25) is 0 Å². The first-order chi connectivity index (χ1) is 7.03. The lowest BCUT2D eigenvalue weighted by Crippen LogP contribution is -2.55. The molecule has 0 aromatic heterocycles. The molecule has 1 aliphatic rings. The van der Waals surface area contributed by atoms with Crippen LogP contribution in [0.4, 0.5) is 4.79 Å². The van der Waals surface area contributed by atoms with Gasteiger partial charge in [0, 0.05) is 26.2 Å². The predicted octanol–water partition coefficient (Wildman–Crippen LogP) is 1.26. The van der Waals surface area contributed by atoms with Gasteiger partial charge in [-0.05, 0) is 33.6 Å². The summed E-state index contributed by atoms with van der Waals surface area (Å²) in [7, 11) is 0. The number of rotatable bonds is 3. The molecule has 1 heterocycles. The molecule has 2 N–H and O–H groups in total. The molecule has 88 valence electrons. The van der Waals surface area contributed by atoms with E-state index in [0.29, 0.717) is 6.54 Å². The fourth-order valence-corrected chi connectivity index (χ4v) is 2.01. The number of amides is 2. The molecule has 0 radical (unpaired) electrons. The van der Waals surface area contributed by atoms with E-state index < -0.39 is 0 Å². The average Bonchev–Trinajstić information content (AvgIpc) is 2.71. The lowest BCUT2D eigenvalue weighted by molar-refractivity contribution is 0.115. The normalized spacial score (nSPS) is 16.9. The predicted molar refractivity (Wildman–Crippen MR) is 61.7 cm³/mol.